The quantitative estimate of drug-likeness (QED) is 0.412. The molecule has 1 rings (SSSR count). The molecule has 0 radical (unpaired) electrons. The summed E-state index contributed by atoms with van der Waals surface area (Å²) in [5.74, 6) is 2.01. The Balaban J connectivity index is 2.77. The van der Waals surface area contributed by atoms with Gasteiger partial charge in [-0.3, -0.25) is 0 Å². The fraction of sp³-hybridized carbons (Fsp3) is 0.333. The summed E-state index contributed by atoms with van der Waals surface area (Å²) in [6.07, 6.45) is 11.9. The number of hydrogen-bond donors (Lipinski definition) is 0. The van der Waals surface area contributed by atoms with Crippen LogP contribution >= 0.6 is 0 Å². The lowest BCUT2D eigenvalue weighted by Gasteiger charge is -2.11. The first kappa shape index (κ1) is 17.3. The molecule has 0 saturated carbocycles. The third-order valence-corrected chi connectivity index (χ3v) is 4.92. The molecule has 21 heavy (non-hydrogen) atoms. The van der Waals surface area contributed by atoms with E-state index in [-0.39, 0.29) is 10.7 Å². The summed E-state index contributed by atoms with van der Waals surface area (Å²) < 4.78 is 24.6. The van der Waals surface area contributed by atoms with Gasteiger partial charge in [0.15, 0.2) is 9.84 Å². The SMILES string of the molecule is C#CC(CS(=O)(=O)C(=C)/C=C\CCCC)c1ccccc1. The van der Waals surface area contributed by atoms with Crippen LogP contribution in [-0.4, -0.2) is 14.2 Å². The van der Waals surface area contributed by atoms with E-state index in [0.29, 0.717) is 0 Å². The average molecular weight is 302 g/mol. The molecule has 1 aromatic rings. The molecule has 1 aromatic carbocycles. The number of rotatable bonds is 8. The minimum absolute atomic E-state index is 0.107. The van der Waals surface area contributed by atoms with Gasteiger partial charge in [-0.15, -0.1) is 6.42 Å². The van der Waals surface area contributed by atoms with Crippen molar-refractivity contribution >= 4 is 9.84 Å². The molecule has 1 atom stereocenters. The van der Waals surface area contributed by atoms with E-state index in [1.807, 2.05) is 36.4 Å². The number of allylic oxidation sites excluding steroid dienone is 2. The van der Waals surface area contributed by atoms with Crippen molar-refractivity contribution in [1.82, 2.24) is 0 Å². The highest BCUT2D eigenvalue weighted by Crippen LogP contribution is 2.20. The summed E-state index contributed by atoms with van der Waals surface area (Å²) in [5, 5.41) is 0. The van der Waals surface area contributed by atoms with Crippen LogP contribution in [0.5, 0.6) is 0 Å². The van der Waals surface area contributed by atoms with Crippen molar-refractivity contribution in [3.63, 3.8) is 0 Å². The first-order chi connectivity index (χ1) is 10.0. The molecule has 1 unspecified atom stereocenters. The third-order valence-electron chi connectivity index (χ3n) is 3.22. The van der Waals surface area contributed by atoms with Gasteiger partial charge < -0.3 is 0 Å². The summed E-state index contributed by atoms with van der Waals surface area (Å²) in [7, 11) is -3.43. The molecular weight excluding hydrogens is 280 g/mol. The second-order valence-corrected chi connectivity index (χ2v) is 7.01. The van der Waals surface area contributed by atoms with Crippen LogP contribution in [-0.2, 0) is 9.84 Å². The molecule has 0 aromatic heterocycles. The van der Waals surface area contributed by atoms with Crippen LogP contribution in [0.2, 0.25) is 0 Å². The van der Waals surface area contributed by atoms with Gasteiger partial charge in [-0.25, -0.2) is 8.42 Å². The number of unbranched alkanes of at least 4 members (excludes halogenated alkanes) is 2. The minimum atomic E-state index is -3.43. The van der Waals surface area contributed by atoms with Gasteiger partial charge in [-0.2, -0.15) is 0 Å². The largest absolute Gasteiger partial charge is 0.224 e. The van der Waals surface area contributed by atoms with Gasteiger partial charge in [0.2, 0.25) is 0 Å². The summed E-state index contributed by atoms with van der Waals surface area (Å²) in [6.45, 7) is 5.76. The lowest BCUT2D eigenvalue weighted by atomic mass is 10.0. The average Bonchev–Trinajstić information content (AvgIpc) is 2.49. The Morgan fingerprint density at radius 2 is 2.05 bits per heavy atom. The van der Waals surface area contributed by atoms with Crippen LogP contribution in [0, 0.1) is 12.3 Å². The van der Waals surface area contributed by atoms with E-state index in [1.165, 1.54) is 0 Å². The Morgan fingerprint density at radius 1 is 1.38 bits per heavy atom. The molecular formula is C18H22O2S. The monoisotopic (exact) mass is 302 g/mol. The summed E-state index contributed by atoms with van der Waals surface area (Å²) in [5.41, 5.74) is 0.839. The molecule has 3 heteroatoms. The maximum Gasteiger partial charge on any atom is 0.179 e. The van der Waals surface area contributed by atoms with Gasteiger partial charge in [0.1, 0.15) is 0 Å². The standard InChI is InChI=1S/C18H22O2S/c1-4-6-7-9-12-16(3)21(19,20)15-17(5-2)18-13-10-8-11-14-18/h2,8-14,17H,3-4,6-7,15H2,1H3/b12-9-. The lowest BCUT2D eigenvalue weighted by Crippen LogP contribution is -2.14. The second-order valence-electron chi connectivity index (χ2n) is 4.92. The van der Waals surface area contributed by atoms with Crippen molar-refractivity contribution in [2.75, 3.05) is 5.75 Å². The van der Waals surface area contributed by atoms with E-state index in [2.05, 4.69) is 19.4 Å². The van der Waals surface area contributed by atoms with Gasteiger partial charge in [-0.1, -0.05) is 68.7 Å². The summed E-state index contributed by atoms with van der Waals surface area (Å²) in [4.78, 5) is 0.134. The zero-order valence-corrected chi connectivity index (χ0v) is 13.3. The Hall–Kier alpha value is -1.79. The van der Waals surface area contributed by atoms with Crippen molar-refractivity contribution in [2.45, 2.75) is 32.1 Å². The van der Waals surface area contributed by atoms with Gasteiger partial charge in [0, 0.05) is 0 Å². The lowest BCUT2D eigenvalue weighted by molar-refractivity contribution is 0.600. The van der Waals surface area contributed by atoms with Crippen molar-refractivity contribution in [3.05, 3.63) is 59.5 Å². The molecule has 0 saturated heterocycles. The van der Waals surface area contributed by atoms with E-state index in [1.54, 1.807) is 6.08 Å². The molecule has 0 heterocycles. The van der Waals surface area contributed by atoms with Crippen LogP contribution < -0.4 is 0 Å². The van der Waals surface area contributed by atoms with E-state index in [4.69, 9.17) is 6.42 Å². The van der Waals surface area contributed by atoms with Crippen LogP contribution in [0.15, 0.2) is 54.0 Å². The van der Waals surface area contributed by atoms with Gasteiger partial charge in [-0.05, 0) is 18.1 Å². The first-order valence-corrected chi connectivity index (χ1v) is 8.75. The maximum atomic E-state index is 12.3. The van der Waals surface area contributed by atoms with Crippen molar-refractivity contribution in [1.29, 1.82) is 0 Å². The smallest absolute Gasteiger partial charge is 0.179 e. The predicted molar refractivity (Wildman–Crippen MR) is 89.6 cm³/mol. The highest BCUT2D eigenvalue weighted by Gasteiger charge is 2.20. The molecule has 0 N–H and O–H groups in total. The summed E-state index contributed by atoms with van der Waals surface area (Å²) in [6, 6.07) is 9.28. The molecule has 0 aliphatic carbocycles. The minimum Gasteiger partial charge on any atom is -0.224 e. The topological polar surface area (TPSA) is 34.1 Å². The van der Waals surface area contributed by atoms with Crippen LogP contribution in [0.3, 0.4) is 0 Å². The Labute approximate surface area is 128 Å². The molecule has 0 amide bonds. The van der Waals surface area contributed by atoms with E-state index >= 15 is 0 Å². The highest BCUT2D eigenvalue weighted by atomic mass is 32.2. The Morgan fingerprint density at radius 3 is 2.62 bits per heavy atom. The van der Waals surface area contributed by atoms with E-state index in [0.717, 1.165) is 24.8 Å². The summed E-state index contributed by atoms with van der Waals surface area (Å²) >= 11 is 0. The zero-order chi connectivity index (χ0) is 15.7. The van der Waals surface area contributed by atoms with Gasteiger partial charge in [0.05, 0.1) is 16.6 Å². The van der Waals surface area contributed by atoms with Crippen molar-refractivity contribution < 1.29 is 8.42 Å². The molecule has 0 spiro atoms. The highest BCUT2D eigenvalue weighted by molar-refractivity contribution is 7.95. The fourth-order valence-electron chi connectivity index (χ4n) is 1.89. The fourth-order valence-corrected chi connectivity index (χ4v) is 3.14. The normalized spacial score (nSPS) is 13.0. The van der Waals surface area contributed by atoms with E-state index < -0.39 is 15.8 Å². The molecule has 2 nitrogen and oxygen atoms in total. The maximum absolute atomic E-state index is 12.3. The van der Waals surface area contributed by atoms with Crippen LogP contribution in [0.1, 0.15) is 37.7 Å². The van der Waals surface area contributed by atoms with Gasteiger partial charge in [0.25, 0.3) is 0 Å². The molecule has 0 bridgehead atoms. The zero-order valence-electron chi connectivity index (χ0n) is 12.5. The number of hydrogen-bond acceptors (Lipinski definition) is 2. The molecule has 0 aliphatic heterocycles. The predicted octanol–water partition coefficient (Wildman–Crippen LogP) is 4.08. The van der Waals surface area contributed by atoms with E-state index in [9.17, 15) is 8.42 Å². The van der Waals surface area contributed by atoms with Crippen molar-refractivity contribution in [3.8, 4) is 12.3 Å². The molecule has 0 fully saturated rings. The Kier molecular flexibility index (Phi) is 6.98. The second kappa shape index (κ2) is 8.49. The Bertz CT molecular complexity index is 619. The van der Waals surface area contributed by atoms with Crippen LogP contribution in [0.4, 0.5) is 0 Å². The molecule has 112 valence electrons. The first-order valence-electron chi connectivity index (χ1n) is 7.10. The van der Waals surface area contributed by atoms with Crippen molar-refractivity contribution in [2.24, 2.45) is 0 Å². The molecule has 0 aliphatic rings. The number of sulfone groups is 1. The number of terminal acetylenes is 1. The van der Waals surface area contributed by atoms with Gasteiger partial charge >= 0.3 is 0 Å². The third kappa shape index (κ3) is 5.61. The number of benzene rings is 1. The van der Waals surface area contributed by atoms with Crippen LogP contribution in [0.25, 0.3) is 0 Å².